The highest BCUT2D eigenvalue weighted by Gasteiger charge is 2.21. The molecule has 0 saturated carbocycles. The summed E-state index contributed by atoms with van der Waals surface area (Å²) in [5.74, 6) is -0.435. The second-order valence-electron chi connectivity index (χ2n) is 6.82. The minimum atomic E-state index is -3.47. The van der Waals surface area contributed by atoms with Crippen LogP contribution >= 0.6 is 11.6 Å². The van der Waals surface area contributed by atoms with Crippen LogP contribution in [0, 0.1) is 12.7 Å². The van der Waals surface area contributed by atoms with Crippen LogP contribution in [0.1, 0.15) is 24.3 Å². The maximum absolute atomic E-state index is 13.5. The van der Waals surface area contributed by atoms with Gasteiger partial charge in [-0.15, -0.1) is 5.10 Å². The van der Waals surface area contributed by atoms with E-state index in [-0.39, 0.29) is 22.2 Å². The van der Waals surface area contributed by atoms with Crippen LogP contribution in [0.15, 0.2) is 24.4 Å². The Kier molecular flexibility index (Phi) is 6.60. The van der Waals surface area contributed by atoms with Crippen LogP contribution < -0.4 is 10.0 Å². The zero-order chi connectivity index (χ0) is 23.6. The van der Waals surface area contributed by atoms with Gasteiger partial charge in [-0.25, -0.2) is 32.3 Å². The number of aryl methyl sites for hydroxylation is 2. The fraction of sp³-hybridized carbons (Fsp3) is 0.278. The van der Waals surface area contributed by atoms with Crippen LogP contribution in [0.25, 0.3) is 11.4 Å². The monoisotopic (exact) mass is 483 g/mol. The van der Waals surface area contributed by atoms with E-state index in [0.29, 0.717) is 17.1 Å². The molecule has 32 heavy (non-hydrogen) atoms. The van der Waals surface area contributed by atoms with E-state index in [9.17, 15) is 17.6 Å². The lowest BCUT2D eigenvalue weighted by atomic mass is 10.2. The van der Waals surface area contributed by atoms with E-state index in [1.54, 1.807) is 14.0 Å². The Labute approximate surface area is 188 Å². The van der Waals surface area contributed by atoms with Crippen molar-refractivity contribution < 1.29 is 22.3 Å². The topological polar surface area (TPSA) is 141 Å². The van der Waals surface area contributed by atoms with Crippen molar-refractivity contribution in [2.24, 2.45) is 7.05 Å². The van der Waals surface area contributed by atoms with Crippen LogP contribution in [-0.4, -0.2) is 45.7 Å². The maximum Gasteiger partial charge on any atom is 0.413 e. The van der Waals surface area contributed by atoms with Crippen molar-refractivity contribution in [3.63, 3.8) is 0 Å². The van der Waals surface area contributed by atoms with Crippen molar-refractivity contribution in [2.75, 3.05) is 16.3 Å². The van der Waals surface area contributed by atoms with Crippen molar-refractivity contribution in [3.8, 4) is 11.4 Å². The Balaban J connectivity index is 1.81. The van der Waals surface area contributed by atoms with E-state index in [4.69, 9.17) is 16.3 Å². The van der Waals surface area contributed by atoms with E-state index in [1.807, 2.05) is 0 Å². The summed E-state index contributed by atoms with van der Waals surface area (Å²) in [4.78, 5) is 20.5. The van der Waals surface area contributed by atoms with E-state index in [1.165, 1.54) is 23.7 Å². The molecule has 3 heterocycles. The third-order valence-corrected chi connectivity index (χ3v) is 5.13. The standard InChI is InChI=1S/C18H19ClFN7O4S/c1-9-13(25-32(4,29)30)5-6-14(22-9)15-17(27(3)26-24-15)23-18(28)31-10(2)12-7-11(20)8-21-16(12)19/h5-8,10,25H,1-4H3,(H,23,28)/t10-/m1/s1. The number of amides is 1. The number of hydrogen-bond donors (Lipinski definition) is 2. The van der Waals surface area contributed by atoms with E-state index in [0.717, 1.165) is 18.5 Å². The number of carbonyl (C=O) groups is 1. The summed E-state index contributed by atoms with van der Waals surface area (Å²) < 4.78 is 45.3. The minimum Gasteiger partial charge on any atom is -0.441 e. The first-order valence-electron chi connectivity index (χ1n) is 9.08. The quantitative estimate of drug-likeness (QED) is 0.509. The van der Waals surface area contributed by atoms with E-state index >= 15 is 0 Å². The van der Waals surface area contributed by atoms with Gasteiger partial charge in [-0.1, -0.05) is 16.8 Å². The van der Waals surface area contributed by atoms with Crippen molar-refractivity contribution in [2.45, 2.75) is 20.0 Å². The first-order chi connectivity index (χ1) is 14.9. The second-order valence-corrected chi connectivity index (χ2v) is 8.93. The molecule has 3 aromatic heterocycles. The van der Waals surface area contributed by atoms with Gasteiger partial charge in [0.2, 0.25) is 10.0 Å². The van der Waals surface area contributed by atoms with Crippen LogP contribution in [0.2, 0.25) is 5.15 Å². The van der Waals surface area contributed by atoms with Crippen molar-refractivity contribution >= 4 is 39.2 Å². The van der Waals surface area contributed by atoms with Gasteiger partial charge < -0.3 is 4.74 Å². The lowest BCUT2D eigenvalue weighted by molar-refractivity contribution is 0.120. The van der Waals surface area contributed by atoms with Gasteiger partial charge in [-0.3, -0.25) is 10.0 Å². The number of sulfonamides is 1. The van der Waals surface area contributed by atoms with Gasteiger partial charge in [0.05, 0.1) is 29.5 Å². The molecule has 14 heteroatoms. The van der Waals surface area contributed by atoms with Gasteiger partial charge in [0.1, 0.15) is 17.1 Å². The fourth-order valence-electron chi connectivity index (χ4n) is 2.74. The fourth-order valence-corrected chi connectivity index (χ4v) is 3.62. The Morgan fingerprint density at radius 3 is 2.72 bits per heavy atom. The summed E-state index contributed by atoms with van der Waals surface area (Å²) in [5.41, 5.74) is 1.49. The summed E-state index contributed by atoms with van der Waals surface area (Å²) in [6, 6.07) is 4.18. The third-order valence-electron chi connectivity index (χ3n) is 4.23. The summed E-state index contributed by atoms with van der Waals surface area (Å²) >= 11 is 5.95. The smallest absolute Gasteiger partial charge is 0.413 e. The lowest BCUT2D eigenvalue weighted by Gasteiger charge is -2.15. The first-order valence-corrected chi connectivity index (χ1v) is 11.4. The van der Waals surface area contributed by atoms with Gasteiger partial charge in [0, 0.05) is 12.6 Å². The number of carbonyl (C=O) groups excluding carboxylic acids is 1. The SMILES string of the molecule is Cc1nc(-c2nnn(C)c2NC(=O)O[C@H](C)c2cc(F)cnc2Cl)ccc1NS(C)(=O)=O. The molecule has 0 aliphatic rings. The number of halogens is 2. The average Bonchev–Trinajstić information content (AvgIpc) is 3.04. The molecule has 170 valence electrons. The van der Waals surface area contributed by atoms with Crippen molar-refractivity contribution in [1.29, 1.82) is 0 Å². The molecule has 3 rings (SSSR count). The molecule has 1 amide bonds. The summed E-state index contributed by atoms with van der Waals surface area (Å²) in [6.07, 6.45) is 0.233. The molecule has 0 unspecified atom stereocenters. The van der Waals surface area contributed by atoms with Crippen LogP contribution in [0.3, 0.4) is 0 Å². The van der Waals surface area contributed by atoms with Crippen LogP contribution in [0.5, 0.6) is 0 Å². The zero-order valence-corrected chi connectivity index (χ0v) is 19.0. The van der Waals surface area contributed by atoms with Gasteiger partial charge in [-0.05, 0) is 32.0 Å². The summed E-state index contributed by atoms with van der Waals surface area (Å²) in [5, 5.41) is 10.4. The zero-order valence-electron chi connectivity index (χ0n) is 17.4. The molecule has 0 aromatic carbocycles. The van der Waals surface area contributed by atoms with Gasteiger partial charge in [-0.2, -0.15) is 0 Å². The normalized spacial score (nSPS) is 12.3. The number of rotatable bonds is 6. The first kappa shape index (κ1) is 23.3. The lowest BCUT2D eigenvalue weighted by Crippen LogP contribution is -2.19. The molecule has 0 bridgehead atoms. The van der Waals surface area contributed by atoms with Crippen molar-refractivity contribution in [1.82, 2.24) is 25.0 Å². The molecular weight excluding hydrogens is 465 g/mol. The molecular formula is C18H19ClFN7O4S. The molecule has 0 radical (unpaired) electrons. The summed E-state index contributed by atoms with van der Waals surface area (Å²) in [6.45, 7) is 3.13. The number of anilines is 2. The highest BCUT2D eigenvalue weighted by Crippen LogP contribution is 2.28. The predicted octanol–water partition coefficient (Wildman–Crippen LogP) is 3.05. The van der Waals surface area contributed by atoms with E-state index < -0.39 is 28.0 Å². The molecule has 3 aromatic rings. The Hall–Kier alpha value is -3.32. The highest BCUT2D eigenvalue weighted by atomic mass is 35.5. The Morgan fingerprint density at radius 2 is 2.06 bits per heavy atom. The average molecular weight is 484 g/mol. The van der Waals surface area contributed by atoms with E-state index in [2.05, 4.69) is 30.3 Å². The molecule has 0 aliphatic carbocycles. The van der Waals surface area contributed by atoms with Crippen molar-refractivity contribution in [3.05, 3.63) is 46.6 Å². The maximum atomic E-state index is 13.5. The Morgan fingerprint density at radius 1 is 1.34 bits per heavy atom. The molecule has 2 N–H and O–H groups in total. The number of nitrogens with one attached hydrogen (secondary N) is 2. The van der Waals surface area contributed by atoms with Gasteiger partial charge in [0.15, 0.2) is 11.5 Å². The number of nitrogens with zero attached hydrogens (tertiary/aromatic N) is 5. The molecule has 1 atom stereocenters. The van der Waals surface area contributed by atoms with Gasteiger partial charge in [0.25, 0.3) is 0 Å². The molecule has 0 spiro atoms. The van der Waals surface area contributed by atoms with Gasteiger partial charge >= 0.3 is 6.09 Å². The second kappa shape index (κ2) is 9.04. The predicted molar refractivity (Wildman–Crippen MR) is 115 cm³/mol. The van der Waals surface area contributed by atoms with Crippen LogP contribution in [0.4, 0.5) is 20.7 Å². The van der Waals surface area contributed by atoms with Crippen LogP contribution in [-0.2, 0) is 21.8 Å². The molecule has 0 aliphatic heterocycles. The number of pyridine rings is 2. The summed E-state index contributed by atoms with van der Waals surface area (Å²) in [7, 11) is -1.92. The minimum absolute atomic E-state index is 0.0112. The largest absolute Gasteiger partial charge is 0.441 e. The molecule has 0 fully saturated rings. The number of hydrogen-bond acceptors (Lipinski definition) is 8. The third kappa shape index (κ3) is 5.48. The molecule has 0 saturated heterocycles. The Bertz CT molecular complexity index is 1280. The number of aromatic nitrogens is 5. The highest BCUT2D eigenvalue weighted by molar-refractivity contribution is 7.92. The number of ether oxygens (including phenoxy) is 1. The molecule has 11 nitrogen and oxygen atoms in total.